The van der Waals surface area contributed by atoms with Crippen molar-refractivity contribution in [2.24, 2.45) is 5.92 Å². The van der Waals surface area contributed by atoms with Crippen LogP contribution < -0.4 is 4.72 Å². The van der Waals surface area contributed by atoms with Gasteiger partial charge in [-0.1, -0.05) is 39.0 Å². The fraction of sp³-hybridized carbons (Fsp3) is 0.533. The first-order chi connectivity index (χ1) is 9.79. The van der Waals surface area contributed by atoms with Crippen molar-refractivity contribution in [1.82, 2.24) is 4.72 Å². The SMILES string of the molecule is CCCNS(=O)(=O)c1ccccc1C(CC(C)C)C(=O)O. The third kappa shape index (κ3) is 4.82. The molecular weight excluding hydrogens is 290 g/mol. The molecule has 0 aromatic heterocycles. The van der Waals surface area contributed by atoms with E-state index in [9.17, 15) is 18.3 Å². The number of carbonyl (C=O) groups is 1. The van der Waals surface area contributed by atoms with E-state index in [1.54, 1.807) is 18.2 Å². The first kappa shape index (κ1) is 17.7. The van der Waals surface area contributed by atoms with E-state index >= 15 is 0 Å². The maximum atomic E-state index is 12.3. The van der Waals surface area contributed by atoms with Crippen molar-refractivity contribution in [3.8, 4) is 0 Å². The van der Waals surface area contributed by atoms with E-state index in [0.717, 1.165) is 0 Å². The molecule has 2 N–H and O–H groups in total. The number of hydrogen-bond donors (Lipinski definition) is 2. The lowest BCUT2D eigenvalue weighted by Gasteiger charge is -2.18. The molecule has 0 heterocycles. The molecule has 0 aliphatic heterocycles. The van der Waals surface area contributed by atoms with Gasteiger partial charge < -0.3 is 5.11 Å². The van der Waals surface area contributed by atoms with Crippen LogP contribution in [0.3, 0.4) is 0 Å². The fourth-order valence-electron chi connectivity index (χ4n) is 2.16. The molecule has 6 heteroatoms. The predicted octanol–water partition coefficient (Wildman–Crippen LogP) is 2.59. The van der Waals surface area contributed by atoms with Crippen LogP contribution >= 0.6 is 0 Å². The van der Waals surface area contributed by atoms with E-state index in [0.29, 0.717) is 24.9 Å². The number of nitrogens with one attached hydrogen (secondary N) is 1. The van der Waals surface area contributed by atoms with E-state index in [2.05, 4.69) is 4.72 Å². The van der Waals surface area contributed by atoms with Gasteiger partial charge in [-0.2, -0.15) is 0 Å². The number of rotatable bonds is 8. The zero-order valence-electron chi connectivity index (χ0n) is 12.7. The highest BCUT2D eigenvalue weighted by Crippen LogP contribution is 2.29. The van der Waals surface area contributed by atoms with Gasteiger partial charge in [0.25, 0.3) is 0 Å². The molecule has 0 fully saturated rings. The smallest absolute Gasteiger partial charge is 0.311 e. The van der Waals surface area contributed by atoms with Crippen molar-refractivity contribution in [1.29, 1.82) is 0 Å². The van der Waals surface area contributed by atoms with E-state index in [1.807, 2.05) is 20.8 Å². The Kier molecular flexibility index (Phi) is 6.36. The highest BCUT2D eigenvalue weighted by atomic mass is 32.2. The molecule has 0 bridgehead atoms. The highest BCUT2D eigenvalue weighted by molar-refractivity contribution is 7.89. The van der Waals surface area contributed by atoms with Gasteiger partial charge in [0, 0.05) is 6.54 Å². The number of aliphatic carboxylic acids is 1. The van der Waals surface area contributed by atoms with E-state index < -0.39 is 21.9 Å². The quantitative estimate of drug-likeness (QED) is 0.772. The fourth-order valence-corrected chi connectivity index (χ4v) is 3.57. The lowest BCUT2D eigenvalue weighted by Crippen LogP contribution is -2.27. The zero-order chi connectivity index (χ0) is 16.0. The van der Waals surface area contributed by atoms with Crippen LogP contribution in [0, 0.1) is 5.92 Å². The van der Waals surface area contributed by atoms with Gasteiger partial charge >= 0.3 is 5.97 Å². The molecule has 1 unspecified atom stereocenters. The molecule has 0 aliphatic carbocycles. The summed E-state index contributed by atoms with van der Waals surface area (Å²) in [4.78, 5) is 11.6. The maximum Gasteiger partial charge on any atom is 0.311 e. The Morgan fingerprint density at radius 3 is 2.43 bits per heavy atom. The van der Waals surface area contributed by atoms with Gasteiger partial charge in [-0.3, -0.25) is 4.79 Å². The van der Waals surface area contributed by atoms with E-state index in [-0.39, 0.29) is 10.8 Å². The molecule has 0 radical (unpaired) electrons. The molecule has 1 atom stereocenters. The van der Waals surface area contributed by atoms with Crippen LogP contribution in [0.2, 0.25) is 0 Å². The molecule has 21 heavy (non-hydrogen) atoms. The number of benzene rings is 1. The second-order valence-electron chi connectivity index (χ2n) is 5.46. The monoisotopic (exact) mass is 313 g/mol. The molecule has 0 amide bonds. The Balaban J connectivity index is 3.27. The average molecular weight is 313 g/mol. The summed E-state index contributed by atoms with van der Waals surface area (Å²) in [5, 5.41) is 9.43. The van der Waals surface area contributed by atoms with Gasteiger partial charge in [0.05, 0.1) is 10.8 Å². The normalized spacial score (nSPS) is 13.3. The van der Waals surface area contributed by atoms with Crippen LogP contribution in [-0.4, -0.2) is 26.0 Å². The average Bonchev–Trinajstić information content (AvgIpc) is 2.42. The topological polar surface area (TPSA) is 83.5 Å². The number of sulfonamides is 1. The second kappa shape index (κ2) is 7.56. The molecule has 0 saturated carbocycles. The first-order valence-corrected chi connectivity index (χ1v) is 8.59. The predicted molar refractivity (Wildman–Crippen MR) is 81.8 cm³/mol. The van der Waals surface area contributed by atoms with Crippen molar-refractivity contribution in [2.75, 3.05) is 6.54 Å². The summed E-state index contributed by atoms with van der Waals surface area (Å²) in [6.07, 6.45) is 1.07. The Bertz CT molecular complexity index is 581. The molecule has 1 aromatic rings. The van der Waals surface area contributed by atoms with Gasteiger partial charge in [-0.15, -0.1) is 0 Å². The lowest BCUT2D eigenvalue weighted by atomic mass is 9.90. The van der Waals surface area contributed by atoms with E-state index in [4.69, 9.17) is 0 Å². The second-order valence-corrected chi connectivity index (χ2v) is 7.19. The zero-order valence-corrected chi connectivity index (χ0v) is 13.5. The number of carboxylic acid groups (broad SMARTS) is 1. The van der Waals surface area contributed by atoms with Gasteiger partial charge in [-0.25, -0.2) is 13.1 Å². The number of carboxylic acids is 1. The van der Waals surface area contributed by atoms with Crippen molar-refractivity contribution in [3.63, 3.8) is 0 Å². The third-order valence-electron chi connectivity index (χ3n) is 3.13. The van der Waals surface area contributed by atoms with Crippen molar-refractivity contribution >= 4 is 16.0 Å². The number of hydrogen-bond acceptors (Lipinski definition) is 3. The molecular formula is C15H23NO4S. The highest BCUT2D eigenvalue weighted by Gasteiger charge is 2.28. The molecule has 118 valence electrons. The molecule has 0 spiro atoms. The van der Waals surface area contributed by atoms with Gasteiger partial charge in [-0.05, 0) is 30.4 Å². The van der Waals surface area contributed by atoms with Crippen LogP contribution in [-0.2, 0) is 14.8 Å². The summed E-state index contributed by atoms with van der Waals surface area (Å²) in [6.45, 7) is 6.04. The minimum absolute atomic E-state index is 0.0616. The molecule has 5 nitrogen and oxygen atoms in total. The summed E-state index contributed by atoms with van der Waals surface area (Å²) < 4.78 is 27.1. The molecule has 1 aromatic carbocycles. The molecule has 1 rings (SSSR count). The summed E-state index contributed by atoms with van der Waals surface area (Å²) >= 11 is 0. The summed E-state index contributed by atoms with van der Waals surface area (Å²) in [6, 6.07) is 6.33. The van der Waals surface area contributed by atoms with Crippen LogP contribution in [0.5, 0.6) is 0 Å². The van der Waals surface area contributed by atoms with Gasteiger partial charge in [0.1, 0.15) is 0 Å². The molecule has 0 aliphatic rings. The van der Waals surface area contributed by atoms with Gasteiger partial charge in [0.15, 0.2) is 0 Å². The standard InChI is InChI=1S/C15H23NO4S/c1-4-9-16-21(19,20)14-8-6-5-7-12(14)13(15(17)18)10-11(2)3/h5-8,11,13,16H,4,9-10H2,1-3H3,(H,17,18). The minimum atomic E-state index is -3.68. The third-order valence-corrected chi connectivity index (χ3v) is 4.67. The van der Waals surface area contributed by atoms with Crippen molar-refractivity contribution < 1.29 is 18.3 Å². The Morgan fingerprint density at radius 1 is 1.29 bits per heavy atom. The van der Waals surface area contributed by atoms with E-state index in [1.165, 1.54) is 6.07 Å². The Hall–Kier alpha value is -1.40. The largest absolute Gasteiger partial charge is 0.481 e. The van der Waals surface area contributed by atoms with Crippen LogP contribution in [0.25, 0.3) is 0 Å². The van der Waals surface area contributed by atoms with Crippen molar-refractivity contribution in [2.45, 2.75) is 44.4 Å². The minimum Gasteiger partial charge on any atom is -0.481 e. The molecule has 0 saturated heterocycles. The maximum absolute atomic E-state index is 12.3. The van der Waals surface area contributed by atoms with Crippen LogP contribution in [0.1, 0.15) is 45.1 Å². The first-order valence-electron chi connectivity index (χ1n) is 7.11. The lowest BCUT2D eigenvalue weighted by molar-refractivity contribution is -0.139. The van der Waals surface area contributed by atoms with Crippen LogP contribution in [0.4, 0.5) is 0 Å². The summed E-state index contributed by atoms with van der Waals surface area (Å²) in [7, 11) is -3.68. The van der Waals surface area contributed by atoms with Gasteiger partial charge in [0.2, 0.25) is 10.0 Å². The summed E-state index contributed by atoms with van der Waals surface area (Å²) in [5.74, 6) is -1.66. The Morgan fingerprint density at radius 2 is 1.90 bits per heavy atom. The summed E-state index contributed by atoms with van der Waals surface area (Å²) in [5.41, 5.74) is 0.349. The Labute approximate surface area is 126 Å². The van der Waals surface area contributed by atoms with Crippen molar-refractivity contribution in [3.05, 3.63) is 29.8 Å². The van der Waals surface area contributed by atoms with Crippen LogP contribution in [0.15, 0.2) is 29.2 Å².